The molecule has 0 N–H and O–H groups in total. The Morgan fingerprint density at radius 3 is 2.18 bits per heavy atom. The predicted octanol–water partition coefficient (Wildman–Crippen LogP) is 7.03. The monoisotopic (exact) mass is 385 g/mol. The molecular weight excluding hydrogens is 346 g/mol. The summed E-state index contributed by atoms with van der Waals surface area (Å²) in [5.74, 6) is 0.195. The number of allylic oxidation sites excluding steroid dienone is 6. The van der Waals surface area contributed by atoms with E-state index in [4.69, 9.17) is 9.47 Å². The molecule has 2 atom stereocenters. The molecule has 0 saturated heterocycles. The second-order valence-corrected chi connectivity index (χ2v) is 8.22. The minimum Gasteiger partial charge on any atom is -0.353 e. The molecule has 0 aromatic carbocycles. The lowest BCUT2D eigenvalue weighted by atomic mass is 9.81. The lowest BCUT2D eigenvalue weighted by molar-refractivity contribution is -0.171. The molecule has 0 fully saturated rings. The first-order valence-corrected chi connectivity index (χ1v) is 10.6. The summed E-state index contributed by atoms with van der Waals surface area (Å²) in [7, 11) is 0. The molecule has 0 spiro atoms. The summed E-state index contributed by atoms with van der Waals surface area (Å²) >= 11 is 0. The van der Waals surface area contributed by atoms with Crippen LogP contribution in [0.15, 0.2) is 46.6 Å². The molecular formula is C25H39NO2. The maximum atomic E-state index is 10.3. The summed E-state index contributed by atoms with van der Waals surface area (Å²) in [4.78, 5) is 0. The van der Waals surface area contributed by atoms with Crippen molar-refractivity contribution in [2.24, 2.45) is 5.92 Å². The van der Waals surface area contributed by atoms with Crippen molar-refractivity contribution >= 4 is 0 Å². The fourth-order valence-electron chi connectivity index (χ4n) is 3.66. The Bertz CT molecular complexity index is 661. The molecule has 0 heterocycles. The smallest absolute Gasteiger partial charge is 0.182 e. The molecule has 0 aromatic rings. The van der Waals surface area contributed by atoms with Gasteiger partial charge in [0.25, 0.3) is 0 Å². The van der Waals surface area contributed by atoms with Crippen LogP contribution >= 0.6 is 0 Å². The van der Waals surface area contributed by atoms with Crippen LogP contribution in [0.2, 0.25) is 0 Å². The fraction of sp³-hybridized carbons (Fsp3) is 0.640. The van der Waals surface area contributed by atoms with E-state index in [2.05, 4.69) is 65.0 Å². The number of hydrogen-bond donors (Lipinski definition) is 0. The first-order chi connectivity index (χ1) is 13.2. The van der Waals surface area contributed by atoms with Gasteiger partial charge in [-0.25, -0.2) is 0 Å². The Morgan fingerprint density at radius 2 is 1.61 bits per heavy atom. The van der Waals surface area contributed by atoms with E-state index in [-0.39, 0.29) is 5.92 Å². The summed E-state index contributed by atoms with van der Waals surface area (Å²) in [5, 5.41) is 10.3. The van der Waals surface area contributed by atoms with E-state index in [9.17, 15) is 5.26 Å². The number of nitriles is 1. The molecule has 156 valence electrons. The van der Waals surface area contributed by atoms with Gasteiger partial charge in [-0.05, 0) is 71.8 Å². The van der Waals surface area contributed by atoms with Gasteiger partial charge in [0.05, 0.1) is 0 Å². The second kappa shape index (κ2) is 12.0. The second-order valence-electron chi connectivity index (χ2n) is 8.22. The highest BCUT2D eigenvalue weighted by atomic mass is 16.7. The van der Waals surface area contributed by atoms with Gasteiger partial charge in [-0.2, -0.15) is 5.26 Å². The van der Waals surface area contributed by atoms with Crippen LogP contribution in [0.5, 0.6) is 0 Å². The molecule has 0 aromatic heterocycles. The third-order valence-electron chi connectivity index (χ3n) is 5.18. The minimum atomic E-state index is -1.02. The van der Waals surface area contributed by atoms with Gasteiger partial charge in [-0.3, -0.25) is 0 Å². The van der Waals surface area contributed by atoms with Gasteiger partial charge in [0.2, 0.25) is 0 Å². The lowest BCUT2D eigenvalue weighted by Gasteiger charge is -2.34. The first-order valence-electron chi connectivity index (χ1n) is 10.6. The van der Waals surface area contributed by atoms with E-state index in [0.717, 1.165) is 31.3 Å². The highest BCUT2D eigenvalue weighted by Gasteiger charge is 2.39. The first kappa shape index (κ1) is 24.4. The number of nitrogens with zero attached hydrogens (tertiary/aromatic N) is 1. The molecule has 2 unspecified atom stereocenters. The van der Waals surface area contributed by atoms with Gasteiger partial charge in [0.15, 0.2) is 11.9 Å². The Morgan fingerprint density at radius 1 is 1.00 bits per heavy atom. The molecule has 0 amide bonds. The Balaban J connectivity index is 3.44. The maximum Gasteiger partial charge on any atom is 0.182 e. The van der Waals surface area contributed by atoms with E-state index in [1.54, 1.807) is 0 Å². The average molecular weight is 386 g/mol. The largest absolute Gasteiger partial charge is 0.353 e. The van der Waals surface area contributed by atoms with Gasteiger partial charge >= 0.3 is 0 Å². The van der Waals surface area contributed by atoms with Gasteiger partial charge < -0.3 is 9.47 Å². The predicted molar refractivity (Wildman–Crippen MR) is 118 cm³/mol. The topological polar surface area (TPSA) is 42.2 Å². The zero-order valence-corrected chi connectivity index (χ0v) is 19.0. The van der Waals surface area contributed by atoms with E-state index in [1.807, 2.05) is 13.8 Å². The summed E-state index contributed by atoms with van der Waals surface area (Å²) in [6.07, 6.45) is 13.1. The van der Waals surface area contributed by atoms with Crippen molar-refractivity contribution in [1.82, 2.24) is 0 Å². The van der Waals surface area contributed by atoms with E-state index >= 15 is 0 Å². The zero-order chi connectivity index (χ0) is 21.2. The molecule has 0 radical (unpaired) electrons. The molecule has 0 bridgehead atoms. The van der Waals surface area contributed by atoms with E-state index in [0.29, 0.717) is 13.0 Å². The van der Waals surface area contributed by atoms with Crippen molar-refractivity contribution < 1.29 is 9.47 Å². The van der Waals surface area contributed by atoms with Crippen molar-refractivity contribution in [1.29, 1.82) is 5.26 Å². The van der Waals surface area contributed by atoms with Crippen molar-refractivity contribution in [3.05, 3.63) is 46.6 Å². The Kier molecular flexibility index (Phi) is 10.5. The van der Waals surface area contributed by atoms with Crippen molar-refractivity contribution in [3.8, 4) is 6.07 Å². The molecule has 0 saturated carbocycles. The molecule has 0 aliphatic heterocycles. The summed E-state index contributed by atoms with van der Waals surface area (Å²) in [6.45, 7) is 15.1. The molecule has 3 nitrogen and oxygen atoms in total. The fourth-order valence-corrected chi connectivity index (χ4v) is 3.66. The van der Waals surface area contributed by atoms with Gasteiger partial charge in [-0.15, -0.1) is 0 Å². The van der Waals surface area contributed by atoms with E-state index in [1.165, 1.54) is 16.7 Å². The number of rotatable bonds is 5. The normalized spacial score (nSPS) is 31.1. The highest BCUT2D eigenvalue weighted by molar-refractivity contribution is 5.35. The third-order valence-corrected chi connectivity index (χ3v) is 5.18. The summed E-state index contributed by atoms with van der Waals surface area (Å²) < 4.78 is 11.9. The van der Waals surface area contributed by atoms with Crippen molar-refractivity contribution in [3.63, 3.8) is 0 Å². The molecule has 1 rings (SSSR count). The van der Waals surface area contributed by atoms with Crippen LogP contribution in [-0.2, 0) is 9.47 Å². The summed E-state index contributed by atoms with van der Waals surface area (Å²) in [5.41, 5.74) is 3.92. The summed E-state index contributed by atoms with van der Waals surface area (Å²) in [6, 6.07) is 2.52. The lowest BCUT2D eigenvalue weighted by Crippen LogP contribution is -2.39. The minimum absolute atomic E-state index is 0.195. The Hall–Kier alpha value is -1.63. The molecule has 28 heavy (non-hydrogen) atoms. The zero-order valence-electron chi connectivity index (χ0n) is 19.0. The molecule has 1 aliphatic rings. The average Bonchev–Trinajstić information content (AvgIpc) is 2.60. The van der Waals surface area contributed by atoms with Crippen LogP contribution in [0.25, 0.3) is 0 Å². The molecule has 3 heteroatoms. The van der Waals surface area contributed by atoms with Gasteiger partial charge in [0.1, 0.15) is 6.07 Å². The molecule has 1 aliphatic carbocycles. The van der Waals surface area contributed by atoms with Crippen LogP contribution in [0, 0.1) is 17.2 Å². The quantitative estimate of drug-likeness (QED) is 0.377. The van der Waals surface area contributed by atoms with Gasteiger partial charge in [-0.1, -0.05) is 54.9 Å². The van der Waals surface area contributed by atoms with Crippen LogP contribution < -0.4 is 0 Å². The van der Waals surface area contributed by atoms with Gasteiger partial charge in [0, 0.05) is 13.0 Å². The maximum absolute atomic E-state index is 10.3. The van der Waals surface area contributed by atoms with Crippen LogP contribution in [-0.4, -0.2) is 18.5 Å². The van der Waals surface area contributed by atoms with Crippen molar-refractivity contribution in [2.75, 3.05) is 6.61 Å². The van der Waals surface area contributed by atoms with Crippen LogP contribution in [0.1, 0.15) is 80.6 Å². The highest BCUT2D eigenvalue weighted by Crippen LogP contribution is 2.35. The number of ether oxygens (including phenoxy) is 2. The van der Waals surface area contributed by atoms with E-state index < -0.39 is 11.9 Å². The Labute approximate surface area is 172 Å². The standard InChI is InChI=1S/C25H39NO2/c1-8-27-23(7)28-25(18-26)17-22(6)14-10-12-20(4)11-9-13-21(5)15-16-24(25)19(2)3/h11,14-16,19,23H,8-10,12-13,17H2,1-7H3/b20-11-,21-15-,22-14-,24-16-. The number of hydrogen-bond acceptors (Lipinski definition) is 3. The van der Waals surface area contributed by atoms with Crippen LogP contribution in [0.3, 0.4) is 0 Å². The van der Waals surface area contributed by atoms with Crippen LogP contribution in [0.4, 0.5) is 0 Å². The third kappa shape index (κ3) is 7.78. The SMILES string of the molecule is CCOC(C)OC1(C#N)C/C(C)=C\CC/C(C)=C\CC/C(C)=C\C=C/1C(C)C. The van der Waals surface area contributed by atoms with Crippen molar-refractivity contribution in [2.45, 2.75) is 92.5 Å².